The molecule has 0 saturated carbocycles. The van der Waals surface area contributed by atoms with E-state index >= 15 is 0 Å². The van der Waals surface area contributed by atoms with E-state index in [-0.39, 0.29) is 6.61 Å². The first-order valence-electron chi connectivity index (χ1n) is 5.65. The fourth-order valence-electron chi connectivity index (χ4n) is 1.18. The third kappa shape index (κ3) is 5.16. The van der Waals surface area contributed by atoms with Crippen molar-refractivity contribution < 1.29 is 35.9 Å². The molecule has 3 nitrogen and oxygen atoms in total. The Hall–Kier alpha value is -1.03. The molecule has 1 aromatic rings. The third-order valence-electron chi connectivity index (χ3n) is 2.11. The van der Waals surface area contributed by atoms with Gasteiger partial charge in [-0.05, 0) is 12.1 Å². The summed E-state index contributed by atoms with van der Waals surface area (Å²) in [5.74, 6) is 0. The van der Waals surface area contributed by atoms with Crippen molar-refractivity contribution in [3.05, 3.63) is 30.3 Å². The molecule has 0 fully saturated rings. The van der Waals surface area contributed by atoms with E-state index in [2.05, 4.69) is 9.47 Å². The molecule has 1 atom stereocenters. The lowest BCUT2D eigenvalue weighted by Crippen LogP contribution is -2.44. The van der Waals surface area contributed by atoms with Crippen molar-refractivity contribution in [1.82, 2.24) is 0 Å². The normalized spacial score (nSPS) is 14.9. The number of hydrogen-bond acceptors (Lipinski definition) is 3. The van der Waals surface area contributed by atoms with Gasteiger partial charge in [0, 0.05) is 6.61 Å². The second kappa shape index (κ2) is 7.11. The molecule has 1 aromatic carbocycles. The number of alkyl halides is 5. The van der Waals surface area contributed by atoms with Gasteiger partial charge in [0.2, 0.25) is 0 Å². The summed E-state index contributed by atoms with van der Waals surface area (Å²) in [5, 5.41) is 0.719. The van der Waals surface area contributed by atoms with Gasteiger partial charge in [0.1, 0.15) is 0 Å². The van der Waals surface area contributed by atoms with Crippen molar-refractivity contribution in [1.29, 1.82) is 0 Å². The van der Waals surface area contributed by atoms with Gasteiger partial charge in [0.15, 0.2) is 9.76 Å². The summed E-state index contributed by atoms with van der Waals surface area (Å²) >= 11 is 0. The van der Waals surface area contributed by atoms with Gasteiger partial charge in [-0.25, -0.2) is 0 Å². The Bertz CT molecular complexity index is 399. The van der Waals surface area contributed by atoms with E-state index in [1.54, 1.807) is 30.3 Å². The van der Waals surface area contributed by atoms with Crippen molar-refractivity contribution in [3.8, 4) is 0 Å². The summed E-state index contributed by atoms with van der Waals surface area (Å²) in [7, 11) is -1.54. The molecule has 1 rings (SSSR count). The van der Waals surface area contributed by atoms with Crippen LogP contribution in [0.4, 0.5) is 22.0 Å². The Morgan fingerprint density at radius 3 is 2.20 bits per heavy atom. The predicted molar refractivity (Wildman–Crippen MR) is 63.2 cm³/mol. The summed E-state index contributed by atoms with van der Waals surface area (Å²) in [5.41, 5.74) is 0. The minimum Gasteiger partial charge on any atom is -0.373 e. The highest BCUT2D eigenvalue weighted by molar-refractivity contribution is 6.46. The molecule has 0 radical (unpaired) electrons. The first-order chi connectivity index (χ1) is 9.26. The zero-order valence-corrected chi connectivity index (χ0v) is 11.9. The van der Waals surface area contributed by atoms with Gasteiger partial charge in [-0.2, -0.15) is 22.0 Å². The zero-order chi connectivity index (χ0) is 15.2. The van der Waals surface area contributed by atoms with Crippen molar-refractivity contribution in [2.24, 2.45) is 0 Å². The zero-order valence-electron chi connectivity index (χ0n) is 10.5. The molecular weight excluding hydrogens is 303 g/mol. The van der Waals surface area contributed by atoms with Crippen LogP contribution < -0.4 is 5.19 Å². The van der Waals surface area contributed by atoms with Crippen LogP contribution in [0.25, 0.3) is 0 Å². The van der Waals surface area contributed by atoms with Crippen molar-refractivity contribution in [3.63, 3.8) is 0 Å². The van der Waals surface area contributed by atoms with Crippen LogP contribution in [0.3, 0.4) is 0 Å². The fourth-order valence-corrected chi connectivity index (χ4v) is 2.14. The van der Waals surface area contributed by atoms with Crippen LogP contribution in [0.1, 0.15) is 6.92 Å². The molecule has 0 aromatic heterocycles. The van der Waals surface area contributed by atoms with Gasteiger partial charge in [-0.3, -0.25) is 4.74 Å². The monoisotopic (exact) mass is 316 g/mol. The summed E-state index contributed by atoms with van der Waals surface area (Å²) in [6.07, 6.45) is -11.1. The molecule has 9 heteroatoms. The second-order valence-corrected chi connectivity index (χ2v) is 5.11. The summed E-state index contributed by atoms with van der Waals surface area (Å²) in [4.78, 5) is 0. The Morgan fingerprint density at radius 1 is 1.10 bits per heavy atom. The SMILES string of the molecule is CCOC(O[SiH2]c1ccccc1)OC(F)(F)C(F)(F)F. The summed E-state index contributed by atoms with van der Waals surface area (Å²) in [6, 6.07) is 8.50. The van der Waals surface area contributed by atoms with Gasteiger partial charge >= 0.3 is 12.3 Å². The Labute approximate surface area is 114 Å². The highest BCUT2D eigenvalue weighted by atomic mass is 28.2. The molecule has 0 saturated heterocycles. The fraction of sp³-hybridized carbons (Fsp3) is 0.455. The lowest BCUT2D eigenvalue weighted by molar-refractivity contribution is -0.448. The van der Waals surface area contributed by atoms with E-state index in [0.29, 0.717) is 0 Å². The molecule has 0 spiro atoms. The van der Waals surface area contributed by atoms with Crippen LogP contribution in [0.2, 0.25) is 0 Å². The van der Waals surface area contributed by atoms with Crippen LogP contribution in [-0.2, 0) is 13.9 Å². The molecule has 20 heavy (non-hydrogen) atoms. The van der Waals surface area contributed by atoms with Crippen LogP contribution in [0, 0.1) is 0 Å². The summed E-state index contributed by atoms with van der Waals surface area (Å²) < 4.78 is 74.7. The molecule has 0 aliphatic carbocycles. The maximum atomic E-state index is 12.7. The third-order valence-corrected chi connectivity index (χ3v) is 3.35. The average Bonchev–Trinajstić information content (AvgIpc) is 2.36. The lowest BCUT2D eigenvalue weighted by Gasteiger charge is -2.25. The number of ether oxygens (including phenoxy) is 2. The van der Waals surface area contributed by atoms with Crippen molar-refractivity contribution in [2.45, 2.75) is 25.7 Å². The van der Waals surface area contributed by atoms with Crippen LogP contribution in [-0.4, -0.2) is 35.1 Å². The maximum absolute atomic E-state index is 12.7. The van der Waals surface area contributed by atoms with Gasteiger partial charge in [-0.15, -0.1) is 0 Å². The number of hydrogen-bond donors (Lipinski definition) is 0. The van der Waals surface area contributed by atoms with Crippen molar-refractivity contribution in [2.75, 3.05) is 6.61 Å². The molecule has 0 amide bonds. The number of rotatable bonds is 7. The largest absolute Gasteiger partial charge is 0.483 e. The van der Waals surface area contributed by atoms with Gasteiger partial charge in [0.25, 0.3) is 6.48 Å². The summed E-state index contributed by atoms with van der Waals surface area (Å²) in [6.45, 7) is -0.749. The minimum atomic E-state index is -5.82. The molecule has 1 unspecified atom stereocenters. The number of benzene rings is 1. The molecule has 0 aliphatic heterocycles. The number of halogens is 5. The van der Waals surface area contributed by atoms with Crippen LogP contribution in [0.5, 0.6) is 0 Å². The van der Waals surface area contributed by atoms with E-state index in [0.717, 1.165) is 5.19 Å². The van der Waals surface area contributed by atoms with Crippen LogP contribution >= 0.6 is 0 Å². The predicted octanol–water partition coefficient (Wildman–Crippen LogP) is 1.90. The smallest absolute Gasteiger partial charge is 0.373 e. The standard InChI is InChI=1S/C11H13F5O3Si/c1-2-17-9(18-11(15,16)10(12,13)14)19-20-8-6-4-3-5-7-8/h3-7,9H,2,20H2,1H3. The van der Waals surface area contributed by atoms with E-state index in [9.17, 15) is 22.0 Å². The topological polar surface area (TPSA) is 27.7 Å². The minimum absolute atomic E-state index is 0.123. The molecule has 0 aliphatic rings. The second-order valence-electron chi connectivity index (χ2n) is 3.67. The van der Waals surface area contributed by atoms with Gasteiger partial charge < -0.3 is 9.16 Å². The van der Waals surface area contributed by atoms with E-state index in [1.165, 1.54) is 6.92 Å². The molecular formula is C11H13F5O3Si. The molecule has 114 valence electrons. The molecule has 0 N–H and O–H groups in total. The average molecular weight is 316 g/mol. The lowest BCUT2D eigenvalue weighted by atomic mass is 10.4. The maximum Gasteiger partial charge on any atom is 0.483 e. The highest BCUT2D eigenvalue weighted by Crippen LogP contribution is 2.37. The Morgan fingerprint density at radius 2 is 1.70 bits per heavy atom. The quantitative estimate of drug-likeness (QED) is 0.437. The Kier molecular flexibility index (Phi) is 6.05. The van der Waals surface area contributed by atoms with E-state index in [1.807, 2.05) is 0 Å². The van der Waals surface area contributed by atoms with E-state index in [4.69, 9.17) is 4.43 Å². The van der Waals surface area contributed by atoms with Gasteiger partial charge in [0.05, 0.1) is 0 Å². The van der Waals surface area contributed by atoms with Crippen molar-refractivity contribution >= 4 is 14.9 Å². The Balaban J connectivity index is 2.61. The highest BCUT2D eigenvalue weighted by Gasteiger charge is 2.61. The molecule has 0 bridgehead atoms. The first-order valence-corrected chi connectivity index (χ1v) is 6.94. The van der Waals surface area contributed by atoms with E-state index < -0.39 is 28.5 Å². The van der Waals surface area contributed by atoms with Crippen LogP contribution in [0.15, 0.2) is 30.3 Å². The first kappa shape index (κ1) is 17.0. The molecule has 0 heterocycles. The van der Waals surface area contributed by atoms with Gasteiger partial charge in [-0.1, -0.05) is 30.3 Å².